The molecule has 1 aliphatic rings. The maximum Gasteiger partial charge on any atom is 0.157 e. The minimum Gasteiger partial charge on any atom is -0.388 e. The van der Waals surface area contributed by atoms with Crippen molar-refractivity contribution in [3.63, 3.8) is 0 Å². The van der Waals surface area contributed by atoms with Gasteiger partial charge in [0.1, 0.15) is 10.7 Å². The molecule has 0 aromatic carbocycles. The summed E-state index contributed by atoms with van der Waals surface area (Å²) in [4.78, 5) is 11.2. The first kappa shape index (κ1) is 12.2. The standard InChI is InChI=1S/C12H18N4S/c1-8-3-4-9(2)16(7-8)12-10(11(13)17)14-5-6-15-12/h5-6,8-9H,3-4,7H2,1-2H3,(H2,13,17). The number of rotatable bonds is 2. The zero-order chi connectivity index (χ0) is 12.4. The van der Waals surface area contributed by atoms with Gasteiger partial charge in [0.25, 0.3) is 0 Å². The molecular formula is C12H18N4S. The maximum absolute atomic E-state index is 5.70. The van der Waals surface area contributed by atoms with Crippen molar-refractivity contribution < 1.29 is 0 Å². The summed E-state index contributed by atoms with van der Waals surface area (Å²) in [6, 6.07) is 0.469. The average Bonchev–Trinajstić information content (AvgIpc) is 2.32. The second-order valence-electron chi connectivity index (χ2n) is 4.78. The summed E-state index contributed by atoms with van der Waals surface area (Å²) < 4.78 is 0. The van der Waals surface area contributed by atoms with Crippen LogP contribution in [0.1, 0.15) is 32.4 Å². The van der Waals surface area contributed by atoms with Gasteiger partial charge in [-0.2, -0.15) is 0 Å². The molecule has 2 rings (SSSR count). The Balaban J connectivity index is 2.35. The Labute approximate surface area is 107 Å². The molecule has 1 fully saturated rings. The van der Waals surface area contributed by atoms with E-state index in [2.05, 4.69) is 28.7 Å². The van der Waals surface area contributed by atoms with Crippen LogP contribution in [0.2, 0.25) is 0 Å². The molecule has 17 heavy (non-hydrogen) atoms. The lowest BCUT2D eigenvalue weighted by molar-refractivity contribution is 0.387. The molecule has 2 heterocycles. The summed E-state index contributed by atoms with van der Waals surface area (Å²) in [6.45, 7) is 5.47. The number of piperidine rings is 1. The second kappa shape index (κ2) is 4.96. The van der Waals surface area contributed by atoms with E-state index in [0.29, 0.717) is 22.6 Å². The zero-order valence-corrected chi connectivity index (χ0v) is 11.1. The van der Waals surface area contributed by atoms with Gasteiger partial charge in [-0.25, -0.2) is 9.97 Å². The second-order valence-corrected chi connectivity index (χ2v) is 5.22. The fourth-order valence-corrected chi connectivity index (χ4v) is 2.44. The van der Waals surface area contributed by atoms with E-state index in [-0.39, 0.29) is 0 Å². The molecule has 0 spiro atoms. The van der Waals surface area contributed by atoms with Gasteiger partial charge in [-0.1, -0.05) is 19.1 Å². The predicted octanol–water partition coefficient (Wildman–Crippen LogP) is 1.74. The lowest BCUT2D eigenvalue weighted by atomic mass is 9.95. The smallest absolute Gasteiger partial charge is 0.157 e. The van der Waals surface area contributed by atoms with Crippen LogP contribution in [0.4, 0.5) is 5.82 Å². The van der Waals surface area contributed by atoms with Gasteiger partial charge >= 0.3 is 0 Å². The van der Waals surface area contributed by atoms with E-state index in [9.17, 15) is 0 Å². The zero-order valence-electron chi connectivity index (χ0n) is 10.3. The van der Waals surface area contributed by atoms with Crippen LogP contribution in [-0.2, 0) is 0 Å². The molecule has 1 aliphatic heterocycles. The van der Waals surface area contributed by atoms with Gasteiger partial charge in [0.15, 0.2) is 5.82 Å². The van der Waals surface area contributed by atoms with E-state index < -0.39 is 0 Å². The van der Waals surface area contributed by atoms with E-state index in [1.165, 1.54) is 12.8 Å². The van der Waals surface area contributed by atoms with Gasteiger partial charge < -0.3 is 10.6 Å². The Bertz CT molecular complexity index is 421. The van der Waals surface area contributed by atoms with E-state index in [0.717, 1.165) is 12.4 Å². The number of hydrogen-bond donors (Lipinski definition) is 1. The highest BCUT2D eigenvalue weighted by Crippen LogP contribution is 2.27. The Morgan fingerprint density at radius 1 is 1.35 bits per heavy atom. The molecule has 1 aromatic rings. The molecule has 2 unspecified atom stereocenters. The molecule has 4 nitrogen and oxygen atoms in total. The third-order valence-electron chi connectivity index (χ3n) is 3.30. The Morgan fingerprint density at radius 2 is 2.06 bits per heavy atom. The van der Waals surface area contributed by atoms with Gasteiger partial charge in [0, 0.05) is 25.0 Å². The average molecular weight is 250 g/mol. The van der Waals surface area contributed by atoms with E-state index >= 15 is 0 Å². The molecule has 0 amide bonds. The highest BCUT2D eigenvalue weighted by Gasteiger charge is 2.26. The van der Waals surface area contributed by atoms with E-state index in [1.807, 2.05) is 0 Å². The van der Waals surface area contributed by atoms with Crippen LogP contribution in [0, 0.1) is 5.92 Å². The summed E-state index contributed by atoms with van der Waals surface area (Å²) in [6.07, 6.45) is 5.77. The normalized spacial score (nSPS) is 24.7. The van der Waals surface area contributed by atoms with Crippen molar-refractivity contribution in [2.45, 2.75) is 32.7 Å². The predicted molar refractivity (Wildman–Crippen MR) is 73.1 cm³/mol. The maximum atomic E-state index is 5.70. The van der Waals surface area contributed by atoms with Crippen molar-refractivity contribution >= 4 is 23.0 Å². The van der Waals surface area contributed by atoms with Crippen LogP contribution in [0.15, 0.2) is 12.4 Å². The van der Waals surface area contributed by atoms with Crippen LogP contribution < -0.4 is 10.6 Å². The summed E-state index contributed by atoms with van der Waals surface area (Å²) in [5.41, 5.74) is 6.35. The molecular weight excluding hydrogens is 232 g/mol. The van der Waals surface area contributed by atoms with Crippen molar-refractivity contribution in [3.8, 4) is 0 Å². The van der Waals surface area contributed by atoms with E-state index in [4.69, 9.17) is 18.0 Å². The molecule has 92 valence electrons. The van der Waals surface area contributed by atoms with Crippen molar-refractivity contribution in [2.24, 2.45) is 11.7 Å². The van der Waals surface area contributed by atoms with Crippen LogP contribution >= 0.6 is 12.2 Å². The van der Waals surface area contributed by atoms with Crippen molar-refractivity contribution in [1.29, 1.82) is 0 Å². The monoisotopic (exact) mass is 250 g/mol. The molecule has 1 aromatic heterocycles. The number of hydrogen-bond acceptors (Lipinski definition) is 4. The highest BCUT2D eigenvalue weighted by molar-refractivity contribution is 7.80. The highest BCUT2D eigenvalue weighted by atomic mass is 32.1. The molecule has 2 atom stereocenters. The molecule has 0 saturated carbocycles. The van der Waals surface area contributed by atoms with Gasteiger partial charge in [-0.3, -0.25) is 0 Å². The first-order valence-electron chi connectivity index (χ1n) is 5.97. The van der Waals surface area contributed by atoms with Gasteiger partial charge in [0.05, 0.1) is 0 Å². The van der Waals surface area contributed by atoms with E-state index in [1.54, 1.807) is 12.4 Å². The number of nitrogens with zero attached hydrogens (tertiary/aromatic N) is 3. The Kier molecular flexibility index (Phi) is 3.57. The quantitative estimate of drug-likeness (QED) is 0.810. The third-order valence-corrected chi connectivity index (χ3v) is 3.50. The summed E-state index contributed by atoms with van der Waals surface area (Å²) in [7, 11) is 0. The minimum absolute atomic E-state index is 0.318. The molecule has 2 N–H and O–H groups in total. The molecule has 5 heteroatoms. The van der Waals surface area contributed by atoms with Gasteiger partial charge in [-0.05, 0) is 25.7 Å². The molecule has 1 saturated heterocycles. The van der Waals surface area contributed by atoms with Gasteiger partial charge in [0.2, 0.25) is 0 Å². The summed E-state index contributed by atoms with van der Waals surface area (Å²) in [5.74, 6) is 1.51. The molecule has 0 aliphatic carbocycles. The van der Waals surface area contributed by atoms with Crippen molar-refractivity contribution in [3.05, 3.63) is 18.1 Å². The van der Waals surface area contributed by atoms with Gasteiger partial charge in [-0.15, -0.1) is 0 Å². The fourth-order valence-electron chi connectivity index (χ4n) is 2.30. The number of nitrogens with two attached hydrogens (primary N) is 1. The first-order valence-corrected chi connectivity index (χ1v) is 6.38. The lowest BCUT2D eigenvalue weighted by Crippen LogP contribution is -2.42. The number of aromatic nitrogens is 2. The van der Waals surface area contributed by atoms with Crippen molar-refractivity contribution in [1.82, 2.24) is 9.97 Å². The number of anilines is 1. The molecule has 0 radical (unpaired) electrons. The molecule has 0 bridgehead atoms. The summed E-state index contributed by atoms with van der Waals surface area (Å²) in [5, 5.41) is 0. The first-order chi connectivity index (χ1) is 8.09. The fraction of sp³-hybridized carbons (Fsp3) is 0.583. The third kappa shape index (κ3) is 2.54. The largest absolute Gasteiger partial charge is 0.388 e. The van der Waals surface area contributed by atoms with Crippen LogP contribution in [0.25, 0.3) is 0 Å². The number of thiocarbonyl (C=S) groups is 1. The SMILES string of the molecule is CC1CCC(C)N(c2nccnc2C(N)=S)C1. The minimum atomic E-state index is 0.318. The van der Waals surface area contributed by atoms with Crippen molar-refractivity contribution in [2.75, 3.05) is 11.4 Å². The topological polar surface area (TPSA) is 55.0 Å². The Morgan fingerprint density at radius 3 is 2.76 bits per heavy atom. The Hall–Kier alpha value is -1.23. The van der Waals surface area contributed by atoms with Crippen LogP contribution in [0.3, 0.4) is 0 Å². The van der Waals surface area contributed by atoms with Crippen LogP contribution in [-0.4, -0.2) is 27.5 Å². The summed E-state index contributed by atoms with van der Waals surface area (Å²) >= 11 is 5.04. The lowest BCUT2D eigenvalue weighted by Gasteiger charge is -2.38. The van der Waals surface area contributed by atoms with Crippen LogP contribution in [0.5, 0.6) is 0 Å².